The van der Waals surface area contributed by atoms with E-state index >= 15 is 0 Å². The van der Waals surface area contributed by atoms with Gasteiger partial charge in [-0.05, 0) is 30.6 Å². The zero-order valence-corrected chi connectivity index (χ0v) is 11.2. The number of hydrogen-bond acceptors (Lipinski definition) is 1. The largest absolute Gasteiger partial charge is 0.339 e. The van der Waals surface area contributed by atoms with Crippen molar-refractivity contribution in [1.29, 1.82) is 0 Å². The summed E-state index contributed by atoms with van der Waals surface area (Å²) in [6.07, 6.45) is 3.53. The fraction of sp³-hybridized carbons (Fsp3) is 0.786. The molecule has 1 saturated heterocycles. The van der Waals surface area contributed by atoms with Crippen molar-refractivity contribution in [1.82, 2.24) is 4.90 Å². The molecule has 0 N–H and O–H groups in total. The highest BCUT2D eigenvalue weighted by Gasteiger charge is 2.32. The van der Waals surface area contributed by atoms with Crippen LogP contribution >= 0.6 is 0 Å². The molecule has 92 valence electrons. The lowest BCUT2D eigenvalue weighted by molar-refractivity contribution is -0.129. The summed E-state index contributed by atoms with van der Waals surface area (Å²) >= 11 is 0. The third-order valence-electron chi connectivity index (χ3n) is 4.12. The number of hydrogen-bond donors (Lipinski definition) is 0. The average Bonchev–Trinajstić information content (AvgIpc) is 2.28. The Kier molecular flexibility index (Phi) is 4.17. The molecule has 2 nitrogen and oxygen atoms in total. The van der Waals surface area contributed by atoms with E-state index in [1.54, 1.807) is 0 Å². The average molecular weight is 223 g/mol. The number of carbonyl (C=O) groups is 1. The quantitative estimate of drug-likeness (QED) is 0.673. The van der Waals surface area contributed by atoms with E-state index in [0.717, 1.165) is 31.5 Å². The first-order chi connectivity index (χ1) is 7.37. The summed E-state index contributed by atoms with van der Waals surface area (Å²) in [5.41, 5.74) is 0.665. The maximum atomic E-state index is 12.3. The van der Waals surface area contributed by atoms with Gasteiger partial charge < -0.3 is 4.90 Å². The van der Waals surface area contributed by atoms with Gasteiger partial charge in [0.05, 0.1) is 0 Å². The molecule has 1 heterocycles. The normalized spacial score (nSPS) is 17.7. The molecule has 1 amide bonds. The summed E-state index contributed by atoms with van der Waals surface area (Å²) in [4.78, 5) is 14.2. The molecule has 1 rings (SSSR count). The first-order valence-corrected chi connectivity index (χ1v) is 6.36. The Morgan fingerprint density at radius 2 is 1.69 bits per heavy atom. The molecule has 0 spiro atoms. The Labute approximate surface area is 99.7 Å². The summed E-state index contributed by atoms with van der Waals surface area (Å²) in [7, 11) is 0. The van der Waals surface area contributed by atoms with Gasteiger partial charge in [-0.3, -0.25) is 4.79 Å². The molecule has 2 heteroatoms. The standard InChI is InChI=1S/C14H25NO/c1-11(2)14(4,5)12(3)13(16)15-9-7-6-8-10-15/h11H,3,6-10H2,1-2,4-5H3. The molecule has 1 aliphatic heterocycles. The molecular weight excluding hydrogens is 198 g/mol. The van der Waals surface area contributed by atoms with Crippen LogP contribution < -0.4 is 0 Å². The molecule has 0 saturated carbocycles. The van der Waals surface area contributed by atoms with Gasteiger partial charge in [-0.1, -0.05) is 34.3 Å². The van der Waals surface area contributed by atoms with Crippen molar-refractivity contribution in [3.05, 3.63) is 12.2 Å². The monoisotopic (exact) mass is 223 g/mol. The number of carbonyl (C=O) groups excluding carboxylic acids is 1. The summed E-state index contributed by atoms with van der Waals surface area (Å²) in [6.45, 7) is 14.4. The number of rotatable bonds is 3. The predicted octanol–water partition coefficient (Wildman–Crippen LogP) is 3.24. The Hall–Kier alpha value is -0.790. The third-order valence-corrected chi connectivity index (χ3v) is 4.12. The Morgan fingerprint density at radius 1 is 1.19 bits per heavy atom. The molecule has 0 radical (unpaired) electrons. The van der Waals surface area contributed by atoms with Crippen LogP contribution in [0.25, 0.3) is 0 Å². The van der Waals surface area contributed by atoms with E-state index in [9.17, 15) is 4.79 Å². The van der Waals surface area contributed by atoms with Crippen LogP contribution in [0.1, 0.15) is 47.0 Å². The molecular formula is C14H25NO. The molecule has 0 aromatic carbocycles. The summed E-state index contributed by atoms with van der Waals surface area (Å²) < 4.78 is 0. The van der Waals surface area contributed by atoms with Gasteiger partial charge in [-0.15, -0.1) is 0 Å². The molecule has 1 fully saturated rings. The third kappa shape index (κ3) is 2.66. The van der Waals surface area contributed by atoms with Gasteiger partial charge in [-0.25, -0.2) is 0 Å². The highest BCUT2D eigenvalue weighted by molar-refractivity contribution is 5.94. The van der Waals surface area contributed by atoms with E-state index in [4.69, 9.17) is 0 Å². The minimum atomic E-state index is -0.103. The Morgan fingerprint density at radius 3 is 2.12 bits per heavy atom. The second-order valence-electron chi connectivity index (χ2n) is 5.71. The lowest BCUT2D eigenvalue weighted by atomic mass is 9.74. The molecule has 0 aromatic heterocycles. The fourth-order valence-electron chi connectivity index (χ4n) is 1.91. The maximum Gasteiger partial charge on any atom is 0.249 e. The van der Waals surface area contributed by atoms with E-state index in [1.807, 2.05) is 4.90 Å². The second-order valence-corrected chi connectivity index (χ2v) is 5.71. The van der Waals surface area contributed by atoms with Gasteiger partial charge in [0.1, 0.15) is 0 Å². The van der Waals surface area contributed by atoms with E-state index in [0.29, 0.717) is 5.92 Å². The molecule has 0 aromatic rings. The fourth-order valence-corrected chi connectivity index (χ4v) is 1.91. The van der Waals surface area contributed by atoms with Crippen LogP contribution in [-0.4, -0.2) is 23.9 Å². The summed E-state index contributed by atoms with van der Waals surface area (Å²) in [5.74, 6) is 0.604. The van der Waals surface area contributed by atoms with Crippen LogP contribution in [0.5, 0.6) is 0 Å². The van der Waals surface area contributed by atoms with Gasteiger partial charge in [-0.2, -0.15) is 0 Å². The zero-order chi connectivity index (χ0) is 12.3. The van der Waals surface area contributed by atoms with Gasteiger partial charge in [0.2, 0.25) is 5.91 Å². The van der Waals surface area contributed by atoms with E-state index in [2.05, 4.69) is 34.3 Å². The summed E-state index contributed by atoms with van der Waals surface area (Å²) in [5, 5.41) is 0. The number of amides is 1. The summed E-state index contributed by atoms with van der Waals surface area (Å²) in [6, 6.07) is 0. The molecule has 16 heavy (non-hydrogen) atoms. The number of piperidine rings is 1. The highest BCUT2D eigenvalue weighted by Crippen LogP contribution is 2.34. The van der Waals surface area contributed by atoms with Crippen molar-refractivity contribution in [3.63, 3.8) is 0 Å². The SMILES string of the molecule is C=C(C(=O)N1CCCCC1)C(C)(C)C(C)C. The van der Waals surface area contributed by atoms with Crippen molar-refractivity contribution in [2.75, 3.05) is 13.1 Å². The van der Waals surface area contributed by atoms with Crippen molar-refractivity contribution >= 4 is 5.91 Å². The smallest absolute Gasteiger partial charge is 0.249 e. The molecule has 0 unspecified atom stereocenters. The molecule has 1 aliphatic rings. The van der Waals surface area contributed by atoms with Crippen LogP contribution in [0.2, 0.25) is 0 Å². The van der Waals surface area contributed by atoms with Crippen LogP contribution in [0.15, 0.2) is 12.2 Å². The number of nitrogens with zero attached hydrogens (tertiary/aromatic N) is 1. The topological polar surface area (TPSA) is 20.3 Å². The van der Waals surface area contributed by atoms with Crippen molar-refractivity contribution < 1.29 is 4.79 Å². The van der Waals surface area contributed by atoms with Crippen LogP contribution in [-0.2, 0) is 4.79 Å². The Balaban J connectivity index is 2.69. The number of likely N-dealkylation sites (tertiary alicyclic amines) is 1. The van der Waals surface area contributed by atoms with Crippen LogP contribution in [0.3, 0.4) is 0 Å². The van der Waals surface area contributed by atoms with Crippen LogP contribution in [0, 0.1) is 11.3 Å². The molecule has 0 atom stereocenters. The first-order valence-electron chi connectivity index (χ1n) is 6.36. The van der Waals surface area contributed by atoms with Crippen molar-refractivity contribution in [2.45, 2.75) is 47.0 Å². The molecule has 0 bridgehead atoms. The van der Waals surface area contributed by atoms with Crippen LogP contribution in [0.4, 0.5) is 0 Å². The lowest BCUT2D eigenvalue weighted by Crippen LogP contribution is -2.40. The van der Waals surface area contributed by atoms with Gasteiger partial charge >= 0.3 is 0 Å². The minimum Gasteiger partial charge on any atom is -0.339 e. The second kappa shape index (κ2) is 5.03. The maximum absolute atomic E-state index is 12.3. The van der Waals surface area contributed by atoms with Crippen molar-refractivity contribution in [2.24, 2.45) is 11.3 Å². The van der Waals surface area contributed by atoms with E-state index in [-0.39, 0.29) is 11.3 Å². The first kappa shape index (κ1) is 13.3. The highest BCUT2D eigenvalue weighted by atomic mass is 16.2. The van der Waals surface area contributed by atoms with Gasteiger partial charge in [0.15, 0.2) is 0 Å². The van der Waals surface area contributed by atoms with Gasteiger partial charge in [0.25, 0.3) is 0 Å². The minimum absolute atomic E-state index is 0.103. The van der Waals surface area contributed by atoms with E-state index < -0.39 is 0 Å². The van der Waals surface area contributed by atoms with Crippen molar-refractivity contribution in [3.8, 4) is 0 Å². The van der Waals surface area contributed by atoms with E-state index in [1.165, 1.54) is 6.42 Å². The Bertz CT molecular complexity index is 272. The lowest BCUT2D eigenvalue weighted by Gasteiger charge is -2.35. The van der Waals surface area contributed by atoms with Gasteiger partial charge in [0, 0.05) is 18.7 Å². The predicted molar refractivity (Wildman–Crippen MR) is 68.2 cm³/mol. The molecule has 0 aliphatic carbocycles. The zero-order valence-electron chi connectivity index (χ0n) is 11.2.